The van der Waals surface area contributed by atoms with Gasteiger partial charge < -0.3 is 4.74 Å². The van der Waals surface area contributed by atoms with Gasteiger partial charge in [-0.1, -0.05) is 23.2 Å². The van der Waals surface area contributed by atoms with Crippen LogP contribution in [-0.2, 0) is 7.05 Å². The number of carbonyl (C=O) groups excluding carboxylic acids is 1. The average Bonchev–Trinajstić information content (AvgIpc) is 2.60. The third-order valence-corrected chi connectivity index (χ3v) is 4.01. The average molecular weight is 364 g/mol. The molecule has 0 aliphatic heterocycles. The molecule has 0 N–H and O–H groups in total. The fourth-order valence-corrected chi connectivity index (χ4v) is 2.34. The predicted octanol–water partition coefficient (Wildman–Crippen LogP) is 4.40. The summed E-state index contributed by atoms with van der Waals surface area (Å²) in [4.78, 5) is 11.1. The molecule has 2 rings (SSSR count). The summed E-state index contributed by atoms with van der Waals surface area (Å²) < 4.78 is 7.80. The molecule has 0 saturated carbocycles. The quantitative estimate of drug-likeness (QED) is 0.599. The molecule has 0 saturated heterocycles. The van der Waals surface area contributed by atoms with Crippen LogP contribution in [0.25, 0.3) is 0 Å². The van der Waals surface area contributed by atoms with Gasteiger partial charge in [0.1, 0.15) is 5.75 Å². The zero-order valence-corrected chi connectivity index (χ0v) is 13.2. The first kappa shape index (κ1) is 14.4. The summed E-state index contributed by atoms with van der Waals surface area (Å²) in [5.41, 5.74) is 0.987. The summed E-state index contributed by atoms with van der Waals surface area (Å²) in [6, 6.07) is 3.20. The molecule has 19 heavy (non-hydrogen) atoms. The maximum absolute atomic E-state index is 11.1. The maximum atomic E-state index is 11.1. The Morgan fingerprint density at radius 1 is 1.37 bits per heavy atom. The standard InChI is InChI=1S/C12H9BrCl2N2O2/c1-6-7(5-18)12(17(2)16-6)19-11-3-8(13)9(14)4-10(11)15/h3-5H,1-2H3. The number of rotatable bonds is 3. The molecule has 0 amide bonds. The second-order valence-electron chi connectivity index (χ2n) is 3.84. The zero-order valence-electron chi connectivity index (χ0n) is 10.1. The third-order valence-electron chi connectivity index (χ3n) is 2.51. The van der Waals surface area contributed by atoms with E-state index in [2.05, 4.69) is 21.0 Å². The highest BCUT2D eigenvalue weighted by Crippen LogP contribution is 2.37. The van der Waals surface area contributed by atoms with Gasteiger partial charge in [-0.25, -0.2) is 4.68 Å². The van der Waals surface area contributed by atoms with Crippen LogP contribution in [-0.4, -0.2) is 16.1 Å². The molecule has 1 heterocycles. The van der Waals surface area contributed by atoms with Gasteiger partial charge in [-0.3, -0.25) is 4.79 Å². The number of carbonyl (C=O) groups is 1. The maximum Gasteiger partial charge on any atom is 0.228 e. The van der Waals surface area contributed by atoms with Crippen molar-refractivity contribution in [3.8, 4) is 11.6 Å². The molecule has 0 radical (unpaired) electrons. The first-order valence-electron chi connectivity index (χ1n) is 5.25. The van der Waals surface area contributed by atoms with Crippen LogP contribution in [0.3, 0.4) is 0 Å². The number of ether oxygens (including phenoxy) is 1. The van der Waals surface area contributed by atoms with Crippen molar-refractivity contribution in [1.29, 1.82) is 0 Å². The van der Waals surface area contributed by atoms with E-state index in [-0.39, 0.29) is 0 Å². The minimum Gasteiger partial charge on any atom is -0.437 e. The van der Waals surface area contributed by atoms with Gasteiger partial charge in [0.2, 0.25) is 5.88 Å². The van der Waals surface area contributed by atoms with Gasteiger partial charge in [-0.05, 0) is 35.0 Å². The predicted molar refractivity (Wildman–Crippen MR) is 77.6 cm³/mol. The second-order valence-corrected chi connectivity index (χ2v) is 5.51. The Morgan fingerprint density at radius 3 is 2.68 bits per heavy atom. The highest BCUT2D eigenvalue weighted by molar-refractivity contribution is 9.10. The van der Waals surface area contributed by atoms with Crippen LogP contribution in [0.4, 0.5) is 0 Å². The lowest BCUT2D eigenvalue weighted by atomic mass is 10.3. The van der Waals surface area contributed by atoms with E-state index in [4.69, 9.17) is 27.9 Å². The first-order chi connectivity index (χ1) is 8.93. The van der Waals surface area contributed by atoms with Crippen LogP contribution >= 0.6 is 39.1 Å². The number of nitrogens with zero attached hydrogens (tertiary/aromatic N) is 2. The Morgan fingerprint density at radius 2 is 2.05 bits per heavy atom. The van der Waals surface area contributed by atoms with Crippen LogP contribution in [0.5, 0.6) is 11.6 Å². The number of halogens is 3. The summed E-state index contributed by atoms with van der Waals surface area (Å²) in [6.45, 7) is 1.73. The molecule has 2 aromatic rings. The minimum absolute atomic E-state index is 0.337. The van der Waals surface area contributed by atoms with Crippen molar-refractivity contribution in [2.24, 2.45) is 7.05 Å². The molecule has 0 aliphatic carbocycles. The van der Waals surface area contributed by atoms with E-state index in [1.165, 1.54) is 4.68 Å². The molecule has 1 aromatic carbocycles. The van der Waals surface area contributed by atoms with Crippen LogP contribution in [0, 0.1) is 6.92 Å². The van der Waals surface area contributed by atoms with E-state index in [0.29, 0.717) is 43.7 Å². The molecular weight excluding hydrogens is 355 g/mol. The SMILES string of the molecule is Cc1nn(C)c(Oc2cc(Br)c(Cl)cc2Cl)c1C=O. The molecule has 0 aliphatic rings. The van der Waals surface area contributed by atoms with E-state index < -0.39 is 0 Å². The highest BCUT2D eigenvalue weighted by atomic mass is 79.9. The summed E-state index contributed by atoms with van der Waals surface area (Å²) in [6.07, 6.45) is 0.705. The van der Waals surface area contributed by atoms with Crippen molar-refractivity contribution in [3.63, 3.8) is 0 Å². The fraction of sp³-hybridized carbons (Fsp3) is 0.167. The topological polar surface area (TPSA) is 44.1 Å². The Hall–Kier alpha value is -1.04. The van der Waals surface area contributed by atoms with Gasteiger partial charge in [0.25, 0.3) is 0 Å². The van der Waals surface area contributed by atoms with Crippen molar-refractivity contribution in [1.82, 2.24) is 9.78 Å². The van der Waals surface area contributed by atoms with E-state index in [1.807, 2.05) is 0 Å². The first-order valence-corrected chi connectivity index (χ1v) is 6.80. The lowest BCUT2D eigenvalue weighted by Gasteiger charge is -2.09. The van der Waals surface area contributed by atoms with E-state index in [9.17, 15) is 4.79 Å². The molecule has 7 heteroatoms. The van der Waals surface area contributed by atoms with E-state index in [1.54, 1.807) is 26.1 Å². The largest absolute Gasteiger partial charge is 0.437 e. The third kappa shape index (κ3) is 2.78. The van der Waals surface area contributed by atoms with Crippen molar-refractivity contribution in [3.05, 3.63) is 37.9 Å². The smallest absolute Gasteiger partial charge is 0.228 e. The van der Waals surface area contributed by atoms with Crippen molar-refractivity contribution >= 4 is 45.4 Å². The molecule has 0 atom stereocenters. The van der Waals surface area contributed by atoms with E-state index in [0.717, 1.165) is 0 Å². The van der Waals surface area contributed by atoms with Crippen molar-refractivity contribution < 1.29 is 9.53 Å². The van der Waals surface area contributed by atoms with Gasteiger partial charge >= 0.3 is 0 Å². The van der Waals surface area contributed by atoms with Crippen LogP contribution < -0.4 is 4.74 Å². The van der Waals surface area contributed by atoms with Crippen LogP contribution in [0.15, 0.2) is 16.6 Å². The summed E-state index contributed by atoms with van der Waals surface area (Å²) in [7, 11) is 1.69. The van der Waals surface area contributed by atoms with E-state index >= 15 is 0 Å². The Balaban J connectivity index is 2.47. The number of aldehydes is 1. The number of benzene rings is 1. The molecule has 1 aromatic heterocycles. The number of aromatic nitrogens is 2. The summed E-state index contributed by atoms with van der Waals surface area (Å²) >= 11 is 15.3. The molecular formula is C12H9BrCl2N2O2. The summed E-state index contributed by atoms with van der Waals surface area (Å²) in [5, 5.41) is 4.96. The fourth-order valence-electron chi connectivity index (χ4n) is 1.60. The van der Waals surface area contributed by atoms with Gasteiger partial charge in [0.05, 0.1) is 21.3 Å². The minimum atomic E-state index is 0.337. The molecule has 0 bridgehead atoms. The lowest BCUT2D eigenvalue weighted by molar-refractivity contribution is 0.112. The Labute approximate surface area is 128 Å². The van der Waals surface area contributed by atoms with Gasteiger partial charge in [0, 0.05) is 11.5 Å². The normalized spacial score (nSPS) is 10.6. The van der Waals surface area contributed by atoms with Crippen molar-refractivity contribution in [2.45, 2.75) is 6.92 Å². The Bertz CT molecular complexity index is 656. The van der Waals surface area contributed by atoms with Gasteiger partial charge in [-0.2, -0.15) is 5.10 Å². The lowest BCUT2D eigenvalue weighted by Crippen LogP contribution is -1.97. The molecule has 0 unspecified atom stereocenters. The molecule has 100 valence electrons. The van der Waals surface area contributed by atoms with Crippen LogP contribution in [0.2, 0.25) is 10.0 Å². The van der Waals surface area contributed by atoms with Crippen molar-refractivity contribution in [2.75, 3.05) is 0 Å². The highest BCUT2D eigenvalue weighted by Gasteiger charge is 2.17. The molecule has 4 nitrogen and oxygen atoms in total. The molecule has 0 spiro atoms. The second kappa shape index (κ2) is 5.53. The number of aryl methyl sites for hydroxylation is 2. The summed E-state index contributed by atoms with van der Waals surface area (Å²) in [5.74, 6) is 0.729. The monoisotopic (exact) mass is 362 g/mol. The van der Waals surface area contributed by atoms with Crippen LogP contribution in [0.1, 0.15) is 16.1 Å². The number of hydrogen-bond donors (Lipinski definition) is 0. The molecule has 0 fully saturated rings. The van der Waals surface area contributed by atoms with Gasteiger partial charge in [-0.15, -0.1) is 0 Å². The van der Waals surface area contributed by atoms with Gasteiger partial charge in [0.15, 0.2) is 6.29 Å². The number of hydrogen-bond acceptors (Lipinski definition) is 3. The Kier molecular flexibility index (Phi) is 4.18. The zero-order chi connectivity index (χ0) is 14.2.